The Hall–Kier alpha value is -0.610. The molecule has 0 radical (unpaired) electrons. The Morgan fingerprint density at radius 1 is 1.54 bits per heavy atom. The second-order valence-corrected chi connectivity index (χ2v) is 3.31. The van der Waals surface area contributed by atoms with E-state index in [-0.39, 0.29) is 12.1 Å². The normalized spacial score (nSPS) is 28.5. The molecule has 0 aromatic carbocycles. The van der Waals surface area contributed by atoms with E-state index in [1.807, 2.05) is 0 Å². The lowest BCUT2D eigenvalue weighted by Crippen LogP contribution is -2.42. The molecule has 1 N–H and O–H groups in total. The average Bonchev–Trinajstić information content (AvgIpc) is 2.18. The summed E-state index contributed by atoms with van der Waals surface area (Å²) in [5, 5.41) is 3.23. The number of hydrogen-bond donors (Lipinski definition) is 1. The molecule has 4 nitrogen and oxygen atoms in total. The van der Waals surface area contributed by atoms with E-state index in [4.69, 9.17) is 4.74 Å². The van der Waals surface area contributed by atoms with Gasteiger partial charge in [0.25, 0.3) is 0 Å². The van der Waals surface area contributed by atoms with Crippen LogP contribution in [0.3, 0.4) is 0 Å². The standard InChI is InChI=1S/C9H17NO3/c1-12-8-6-10-4-3-7(8)5-9(11)13-2/h7-8,10H,3-6H2,1-2H3/t7-,8-/m1/s1. The molecule has 0 amide bonds. The van der Waals surface area contributed by atoms with E-state index in [0.29, 0.717) is 12.3 Å². The number of carbonyl (C=O) groups is 1. The van der Waals surface area contributed by atoms with E-state index in [9.17, 15) is 4.79 Å². The van der Waals surface area contributed by atoms with E-state index in [1.165, 1.54) is 7.11 Å². The maximum Gasteiger partial charge on any atom is 0.305 e. The molecule has 2 atom stereocenters. The van der Waals surface area contributed by atoms with Crippen LogP contribution in [0.2, 0.25) is 0 Å². The quantitative estimate of drug-likeness (QED) is 0.640. The fourth-order valence-corrected chi connectivity index (χ4v) is 1.69. The van der Waals surface area contributed by atoms with Crippen molar-refractivity contribution in [3.05, 3.63) is 0 Å². The number of esters is 1. The predicted octanol–water partition coefficient (Wildman–Crippen LogP) is 0.174. The Kier molecular flexibility index (Phi) is 4.18. The number of carbonyl (C=O) groups excluding carboxylic acids is 1. The molecule has 1 heterocycles. The molecule has 0 saturated carbocycles. The van der Waals surface area contributed by atoms with E-state index in [0.717, 1.165) is 19.5 Å². The van der Waals surface area contributed by atoms with E-state index >= 15 is 0 Å². The van der Waals surface area contributed by atoms with Crippen LogP contribution in [-0.4, -0.2) is 39.4 Å². The lowest BCUT2D eigenvalue weighted by molar-refractivity contribution is -0.143. The van der Waals surface area contributed by atoms with Crippen LogP contribution in [-0.2, 0) is 14.3 Å². The van der Waals surface area contributed by atoms with Crippen LogP contribution in [0.4, 0.5) is 0 Å². The summed E-state index contributed by atoms with van der Waals surface area (Å²) in [6.45, 7) is 1.79. The maximum absolute atomic E-state index is 11.0. The maximum atomic E-state index is 11.0. The molecule has 0 bridgehead atoms. The van der Waals surface area contributed by atoms with Crippen LogP contribution < -0.4 is 5.32 Å². The summed E-state index contributed by atoms with van der Waals surface area (Å²) in [5.41, 5.74) is 0. The van der Waals surface area contributed by atoms with Crippen LogP contribution in [0.25, 0.3) is 0 Å². The predicted molar refractivity (Wildman–Crippen MR) is 48.4 cm³/mol. The van der Waals surface area contributed by atoms with Gasteiger partial charge in [-0.25, -0.2) is 0 Å². The van der Waals surface area contributed by atoms with Gasteiger partial charge in [-0.3, -0.25) is 4.79 Å². The second-order valence-electron chi connectivity index (χ2n) is 3.31. The lowest BCUT2D eigenvalue weighted by Gasteiger charge is -2.30. The highest BCUT2D eigenvalue weighted by Crippen LogP contribution is 2.19. The van der Waals surface area contributed by atoms with Crippen LogP contribution >= 0.6 is 0 Å². The van der Waals surface area contributed by atoms with Crippen molar-refractivity contribution in [2.75, 3.05) is 27.3 Å². The van der Waals surface area contributed by atoms with Gasteiger partial charge in [-0.15, -0.1) is 0 Å². The summed E-state index contributed by atoms with van der Waals surface area (Å²) in [4.78, 5) is 11.0. The first-order valence-electron chi connectivity index (χ1n) is 4.58. The second kappa shape index (κ2) is 5.19. The fourth-order valence-electron chi connectivity index (χ4n) is 1.69. The van der Waals surface area contributed by atoms with Gasteiger partial charge in [0.05, 0.1) is 19.6 Å². The Bertz CT molecular complexity index is 172. The number of methoxy groups -OCH3 is 2. The Morgan fingerprint density at radius 3 is 2.92 bits per heavy atom. The molecule has 0 aromatic rings. The molecule has 1 fully saturated rings. The van der Waals surface area contributed by atoms with Crippen molar-refractivity contribution < 1.29 is 14.3 Å². The molecule has 0 aliphatic carbocycles. The van der Waals surface area contributed by atoms with Gasteiger partial charge in [0, 0.05) is 13.7 Å². The first-order valence-corrected chi connectivity index (χ1v) is 4.58. The zero-order chi connectivity index (χ0) is 9.68. The topological polar surface area (TPSA) is 47.6 Å². The van der Waals surface area contributed by atoms with Crippen molar-refractivity contribution in [3.63, 3.8) is 0 Å². The van der Waals surface area contributed by atoms with Gasteiger partial charge in [-0.1, -0.05) is 0 Å². The molecule has 76 valence electrons. The highest BCUT2D eigenvalue weighted by atomic mass is 16.5. The first kappa shape index (κ1) is 10.5. The molecule has 1 aliphatic rings. The summed E-state index contributed by atoms with van der Waals surface area (Å²) < 4.78 is 9.91. The Morgan fingerprint density at radius 2 is 2.31 bits per heavy atom. The van der Waals surface area contributed by atoms with Crippen LogP contribution in [0.5, 0.6) is 0 Å². The number of nitrogens with one attached hydrogen (secondary N) is 1. The first-order chi connectivity index (χ1) is 6.27. The highest BCUT2D eigenvalue weighted by Gasteiger charge is 2.26. The average molecular weight is 187 g/mol. The molecule has 4 heteroatoms. The zero-order valence-corrected chi connectivity index (χ0v) is 8.21. The number of ether oxygens (including phenoxy) is 2. The molecular formula is C9H17NO3. The van der Waals surface area contributed by atoms with Crippen molar-refractivity contribution in [1.29, 1.82) is 0 Å². The summed E-state index contributed by atoms with van der Waals surface area (Å²) in [7, 11) is 3.10. The van der Waals surface area contributed by atoms with Gasteiger partial charge in [0.2, 0.25) is 0 Å². The molecule has 13 heavy (non-hydrogen) atoms. The number of piperidine rings is 1. The van der Waals surface area contributed by atoms with Crippen molar-refractivity contribution in [1.82, 2.24) is 5.32 Å². The molecule has 0 unspecified atom stereocenters. The molecule has 0 spiro atoms. The minimum Gasteiger partial charge on any atom is -0.469 e. The van der Waals surface area contributed by atoms with Crippen molar-refractivity contribution in [2.45, 2.75) is 18.9 Å². The van der Waals surface area contributed by atoms with Crippen molar-refractivity contribution >= 4 is 5.97 Å². The van der Waals surface area contributed by atoms with E-state index in [2.05, 4.69) is 10.1 Å². The molecule has 1 saturated heterocycles. The van der Waals surface area contributed by atoms with Crippen LogP contribution in [0.1, 0.15) is 12.8 Å². The van der Waals surface area contributed by atoms with Crippen LogP contribution in [0.15, 0.2) is 0 Å². The minimum absolute atomic E-state index is 0.144. The summed E-state index contributed by atoms with van der Waals surface area (Å²) in [5.74, 6) is 0.160. The highest BCUT2D eigenvalue weighted by molar-refractivity contribution is 5.69. The molecule has 1 rings (SSSR count). The van der Waals surface area contributed by atoms with Gasteiger partial charge in [0.1, 0.15) is 0 Å². The third-order valence-corrected chi connectivity index (χ3v) is 2.52. The van der Waals surface area contributed by atoms with Gasteiger partial charge >= 0.3 is 5.97 Å². The summed E-state index contributed by atoms with van der Waals surface area (Å²) in [6.07, 6.45) is 1.59. The zero-order valence-electron chi connectivity index (χ0n) is 8.21. The van der Waals surface area contributed by atoms with Crippen LogP contribution in [0, 0.1) is 5.92 Å². The number of rotatable bonds is 3. The summed E-state index contributed by atoms with van der Waals surface area (Å²) >= 11 is 0. The van der Waals surface area contributed by atoms with Gasteiger partial charge in [-0.05, 0) is 18.9 Å². The minimum atomic E-state index is -0.144. The fraction of sp³-hybridized carbons (Fsp3) is 0.889. The Balaban J connectivity index is 2.40. The largest absolute Gasteiger partial charge is 0.469 e. The number of hydrogen-bond acceptors (Lipinski definition) is 4. The van der Waals surface area contributed by atoms with Gasteiger partial charge in [-0.2, -0.15) is 0 Å². The SMILES string of the molecule is COC(=O)C[C@H]1CCNC[C@H]1OC. The van der Waals surface area contributed by atoms with Gasteiger partial charge in [0.15, 0.2) is 0 Å². The molecule has 0 aromatic heterocycles. The van der Waals surface area contributed by atoms with Gasteiger partial charge < -0.3 is 14.8 Å². The smallest absolute Gasteiger partial charge is 0.305 e. The monoisotopic (exact) mass is 187 g/mol. The molecule has 1 aliphatic heterocycles. The van der Waals surface area contributed by atoms with E-state index < -0.39 is 0 Å². The lowest BCUT2D eigenvalue weighted by atomic mass is 9.92. The van der Waals surface area contributed by atoms with E-state index in [1.54, 1.807) is 7.11 Å². The third-order valence-electron chi connectivity index (χ3n) is 2.52. The Labute approximate surface area is 78.6 Å². The third kappa shape index (κ3) is 2.97. The molecular weight excluding hydrogens is 170 g/mol. The van der Waals surface area contributed by atoms with Crippen molar-refractivity contribution in [2.24, 2.45) is 5.92 Å². The van der Waals surface area contributed by atoms with Crippen molar-refractivity contribution in [3.8, 4) is 0 Å². The summed E-state index contributed by atoms with van der Waals surface area (Å²) in [6, 6.07) is 0.